The second-order valence-corrected chi connectivity index (χ2v) is 4.69. The molecule has 0 saturated carbocycles. The van der Waals surface area contributed by atoms with Crippen LogP contribution >= 0.6 is 0 Å². The zero-order valence-corrected chi connectivity index (χ0v) is 10.4. The SMILES string of the molecule is CC(C)N(C)CC(N)(CO)c1ccccc1. The van der Waals surface area contributed by atoms with E-state index < -0.39 is 5.54 Å². The van der Waals surface area contributed by atoms with Crippen LogP contribution in [0.1, 0.15) is 19.4 Å². The van der Waals surface area contributed by atoms with Crippen molar-refractivity contribution in [2.45, 2.75) is 25.4 Å². The van der Waals surface area contributed by atoms with Gasteiger partial charge in [0.25, 0.3) is 0 Å². The lowest BCUT2D eigenvalue weighted by atomic mass is 9.91. The highest BCUT2D eigenvalue weighted by molar-refractivity contribution is 5.24. The first-order valence-electron chi connectivity index (χ1n) is 5.65. The number of aliphatic hydroxyl groups is 1. The molecule has 0 aliphatic rings. The Morgan fingerprint density at radius 3 is 2.31 bits per heavy atom. The van der Waals surface area contributed by atoms with Crippen molar-refractivity contribution in [3.8, 4) is 0 Å². The molecule has 0 heterocycles. The number of nitrogens with two attached hydrogens (primary N) is 1. The molecule has 0 radical (unpaired) electrons. The number of nitrogens with zero attached hydrogens (tertiary/aromatic N) is 1. The minimum Gasteiger partial charge on any atom is -0.394 e. The summed E-state index contributed by atoms with van der Waals surface area (Å²) in [5, 5.41) is 9.52. The van der Waals surface area contributed by atoms with Gasteiger partial charge in [-0.2, -0.15) is 0 Å². The van der Waals surface area contributed by atoms with Crippen molar-refractivity contribution in [2.75, 3.05) is 20.2 Å². The molecular weight excluding hydrogens is 200 g/mol. The molecule has 1 atom stereocenters. The van der Waals surface area contributed by atoms with Crippen LogP contribution in [0.15, 0.2) is 30.3 Å². The molecule has 1 unspecified atom stereocenters. The summed E-state index contributed by atoms with van der Waals surface area (Å²) in [5.74, 6) is 0. The molecule has 3 N–H and O–H groups in total. The Morgan fingerprint density at radius 2 is 1.88 bits per heavy atom. The van der Waals surface area contributed by atoms with Gasteiger partial charge in [-0.05, 0) is 26.5 Å². The second-order valence-electron chi connectivity index (χ2n) is 4.69. The molecule has 0 aliphatic carbocycles. The van der Waals surface area contributed by atoms with Crippen molar-refractivity contribution in [3.63, 3.8) is 0 Å². The molecule has 0 saturated heterocycles. The van der Waals surface area contributed by atoms with Crippen molar-refractivity contribution in [1.82, 2.24) is 4.90 Å². The van der Waals surface area contributed by atoms with Crippen LogP contribution in [0, 0.1) is 0 Å². The standard InChI is InChI=1S/C13H22N2O/c1-11(2)15(3)9-13(14,10-16)12-7-5-4-6-8-12/h4-8,11,16H,9-10,14H2,1-3H3. The van der Waals surface area contributed by atoms with Crippen LogP contribution in [0.2, 0.25) is 0 Å². The third-order valence-corrected chi connectivity index (χ3v) is 3.04. The highest BCUT2D eigenvalue weighted by atomic mass is 16.3. The van der Waals surface area contributed by atoms with Crippen molar-refractivity contribution < 1.29 is 5.11 Å². The number of hydrogen-bond acceptors (Lipinski definition) is 3. The van der Waals surface area contributed by atoms with Crippen LogP contribution < -0.4 is 5.73 Å². The van der Waals surface area contributed by atoms with Gasteiger partial charge in [-0.25, -0.2) is 0 Å². The Balaban J connectivity index is 2.86. The summed E-state index contributed by atoms with van der Waals surface area (Å²) in [7, 11) is 2.02. The Morgan fingerprint density at radius 1 is 1.31 bits per heavy atom. The first-order chi connectivity index (χ1) is 7.49. The first-order valence-corrected chi connectivity index (χ1v) is 5.65. The second kappa shape index (κ2) is 5.43. The van der Waals surface area contributed by atoms with Crippen molar-refractivity contribution >= 4 is 0 Å². The van der Waals surface area contributed by atoms with E-state index in [4.69, 9.17) is 5.73 Å². The highest BCUT2D eigenvalue weighted by Crippen LogP contribution is 2.19. The Bertz CT molecular complexity index is 313. The van der Waals surface area contributed by atoms with Crippen LogP contribution in [-0.4, -0.2) is 36.2 Å². The maximum atomic E-state index is 9.52. The maximum absolute atomic E-state index is 9.52. The molecule has 16 heavy (non-hydrogen) atoms. The van der Waals surface area contributed by atoms with Crippen LogP contribution in [0.25, 0.3) is 0 Å². The molecule has 1 aromatic carbocycles. The summed E-state index contributed by atoms with van der Waals surface area (Å²) in [5.41, 5.74) is 6.56. The predicted octanol–water partition coefficient (Wildman–Crippen LogP) is 1.17. The van der Waals surface area contributed by atoms with Crippen LogP contribution in [0.5, 0.6) is 0 Å². The zero-order valence-electron chi connectivity index (χ0n) is 10.4. The molecule has 0 aromatic heterocycles. The predicted molar refractivity (Wildman–Crippen MR) is 67.2 cm³/mol. The number of likely N-dealkylation sites (N-methyl/N-ethyl adjacent to an activating group) is 1. The van der Waals surface area contributed by atoms with Crippen LogP contribution in [-0.2, 0) is 5.54 Å². The summed E-state index contributed by atoms with van der Waals surface area (Å²) in [6.45, 7) is 4.82. The highest BCUT2D eigenvalue weighted by Gasteiger charge is 2.28. The van der Waals surface area contributed by atoms with Crippen LogP contribution in [0.4, 0.5) is 0 Å². The molecule has 0 spiro atoms. The molecule has 3 nitrogen and oxygen atoms in total. The minimum atomic E-state index is -0.680. The lowest BCUT2D eigenvalue weighted by Crippen LogP contribution is -2.50. The summed E-state index contributed by atoms with van der Waals surface area (Å²) >= 11 is 0. The third-order valence-electron chi connectivity index (χ3n) is 3.04. The van der Waals surface area contributed by atoms with Gasteiger partial charge in [0.15, 0.2) is 0 Å². The van der Waals surface area contributed by atoms with Crippen LogP contribution in [0.3, 0.4) is 0 Å². The molecule has 90 valence electrons. The first kappa shape index (κ1) is 13.2. The van der Waals surface area contributed by atoms with Gasteiger partial charge >= 0.3 is 0 Å². The average Bonchev–Trinajstić information content (AvgIpc) is 2.29. The molecule has 0 amide bonds. The van der Waals surface area contributed by atoms with Crippen molar-refractivity contribution in [2.24, 2.45) is 5.73 Å². The molecule has 0 aliphatic heterocycles. The lowest BCUT2D eigenvalue weighted by Gasteiger charge is -2.34. The molecule has 0 fully saturated rings. The largest absolute Gasteiger partial charge is 0.394 e. The fourth-order valence-electron chi connectivity index (χ4n) is 1.63. The smallest absolute Gasteiger partial charge is 0.0772 e. The topological polar surface area (TPSA) is 49.5 Å². The molecule has 1 aromatic rings. The summed E-state index contributed by atoms with van der Waals surface area (Å²) in [4.78, 5) is 2.14. The molecule has 3 heteroatoms. The van der Waals surface area contributed by atoms with E-state index in [1.807, 2.05) is 37.4 Å². The third kappa shape index (κ3) is 3.04. The Labute approximate surface area is 97.9 Å². The summed E-state index contributed by atoms with van der Waals surface area (Å²) in [6.07, 6.45) is 0. The molecule has 0 bridgehead atoms. The number of benzene rings is 1. The van der Waals surface area contributed by atoms with E-state index >= 15 is 0 Å². The fourth-order valence-corrected chi connectivity index (χ4v) is 1.63. The Kier molecular flexibility index (Phi) is 4.47. The summed E-state index contributed by atoms with van der Waals surface area (Å²) in [6, 6.07) is 10.2. The van der Waals surface area contributed by atoms with E-state index in [2.05, 4.69) is 18.7 Å². The average molecular weight is 222 g/mol. The number of rotatable bonds is 5. The maximum Gasteiger partial charge on any atom is 0.0772 e. The van der Waals surface area contributed by atoms with Gasteiger partial charge in [0.1, 0.15) is 0 Å². The number of hydrogen-bond donors (Lipinski definition) is 2. The molecular formula is C13H22N2O. The van der Waals surface area contributed by atoms with Gasteiger partial charge < -0.3 is 15.7 Å². The van der Waals surface area contributed by atoms with E-state index in [1.54, 1.807) is 0 Å². The lowest BCUT2D eigenvalue weighted by molar-refractivity contribution is 0.135. The quantitative estimate of drug-likeness (QED) is 0.786. The fraction of sp³-hybridized carbons (Fsp3) is 0.538. The minimum absolute atomic E-state index is 0.0475. The van der Waals surface area contributed by atoms with Gasteiger partial charge in [0.05, 0.1) is 12.1 Å². The van der Waals surface area contributed by atoms with E-state index in [0.29, 0.717) is 12.6 Å². The van der Waals surface area contributed by atoms with Gasteiger partial charge in [-0.15, -0.1) is 0 Å². The normalized spacial score (nSPS) is 15.4. The van der Waals surface area contributed by atoms with Gasteiger partial charge in [-0.1, -0.05) is 30.3 Å². The van der Waals surface area contributed by atoms with E-state index in [0.717, 1.165) is 5.56 Å². The van der Waals surface area contributed by atoms with Crippen molar-refractivity contribution in [1.29, 1.82) is 0 Å². The van der Waals surface area contributed by atoms with E-state index in [9.17, 15) is 5.11 Å². The van der Waals surface area contributed by atoms with Gasteiger partial charge in [0.2, 0.25) is 0 Å². The van der Waals surface area contributed by atoms with Crippen molar-refractivity contribution in [3.05, 3.63) is 35.9 Å². The number of aliphatic hydroxyl groups excluding tert-OH is 1. The van der Waals surface area contributed by atoms with Gasteiger partial charge in [-0.3, -0.25) is 0 Å². The molecule has 1 rings (SSSR count). The Hall–Kier alpha value is -0.900. The van der Waals surface area contributed by atoms with Gasteiger partial charge in [0, 0.05) is 12.6 Å². The van der Waals surface area contributed by atoms with E-state index in [1.165, 1.54) is 0 Å². The monoisotopic (exact) mass is 222 g/mol. The van der Waals surface area contributed by atoms with E-state index in [-0.39, 0.29) is 6.61 Å². The summed E-state index contributed by atoms with van der Waals surface area (Å²) < 4.78 is 0. The zero-order chi connectivity index (χ0) is 12.2.